The molecule has 0 unspecified atom stereocenters. The monoisotopic (exact) mass is 254 g/mol. The second kappa shape index (κ2) is 3.81. The van der Waals surface area contributed by atoms with Crippen LogP contribution in [0.3, 0.4) is 0 Å². The number of hydrogen-bond donors (Lipinski definition) is 1. The SMILES string of the molecule is Cc1nnc2ccc(C(=O)NS(C)(=O)=O)cn12. The van der Waals surface area contributed by atoms with Gasteiger partial charge in [0.15, 0.2) is 5.65 Å². The molecule has 0 saturated heterocycles. The van der Waals surface area contributed by atoms with Crippen LogP contribution in [0.25, 0.3) is 5.65 Å². The molecule has 0 aromatic carbocycles. The molecule has 0 saturated carbocycles. The number of sulfonamides is 1. The lowest BCUT2D eigenvalue weighted by Crippen LogP contribution is -2.29. The summed E-state index contributed by atoms with van der Waals surface area (Å²) in [5.41, 5.74) is 0.823. The van der Waals surface area contributed by atoms with Crippen molar-refractivity contribution < 1.29 is 13.2 Å². The molecule has 1 amide bonds. The molecule has 0 aliphatic carbocycles. The average Bonchev–Trinajstić information content (AvgIpc) is 2.57. The molecule has 0 fully saturated rings. The van der Waals surface area contributed by atoms with Crippen molar-refractivity contribution in [3.63, 3.8) is 0 Å². The number of aromatic nitrogens is 3. The third kappa shape index (κ3) is 2.41. The molecule has 0 atom stereocenters. The van der Waals surface area contributed by atoms with Gasteiger partial charge in [0.2, 0.25) is 10.0 Å². The Bertz CT molecular complexity index is 689. The van der Waals surface area contributed by atoms with Crippen molar-refractivity contribution in [1.29, 1.82) is 0 Å². The number of fused-ring (bicyclic) bond motifs is 1. The zero-order chi connectivity index (χ0) is 12.6. The van der Waals surface area contributed by atoms with E-state index >= 15 is 0 Å². The van der Waals surface area contributed by atoms with E-state index in [9.17, 15) is 13.2 Å². The van der Waals surface area contributed by atoms with E-state index in [2.05, 4.69) is 10.2 Å². The third-order valence-electron chi connectivity index (χ3n) is 2.11. The fourth-order valence-corrected chi connectivity index (χ4v) is 1.82. The van der Waals surface area contributed by atoms with E-state index in [-0.39, 0.29) is 5.56 Å². The maximum atomic E-state index is 11.6. The molecule has 2 heterocycles. The van der Waals surface area contributed by atoms with E-state index < -0.39 is 15.9 Å². The van der Waals surface area contributed by atoms with Gasteiger partial charge in [0.25, 0.3) is 5.91 Å². The van der Waals surface area contributed by atoms with Crippen molar-refractivity contribution in [3.05, 3.63) is 29.7 Å². The molecule has 0 bridgehead atoms. The molecule has 0 aliphatic heterocycles. The minimum absolute atomic E-state index is 0.228. The first-order valence-corrected chi connectivity index (χ1v) is 6.59. The van der Waals surface area contributed by atoms with Crippen LogP contribution in [0.4, 0.5) is 0 Å². The molecular weight excluding hydrogens is 244 g/mol. The maximum Gasteiger partial charge on any atom is 0.266 e. The number of amides is 1. The summed E-state index contributed by atoms with van der Waals surface area (Å²) in [6.45, 7) is 1.73. The molecule has 0 aliphatic rings. The molecule has 2 rings (SSSR count). The zero-order valence-electron chi connectivity index (χ0n) is 9.21. The van der Waals surface area contributed by atoms with Gasteiger partial charge in [-0.1, -0.05) is 0 Å². The first kappa shape index (κ1) is 11.5. The van der Waals surface area contributed by atoms with Crippen molar-refractivity contribution in [2.24, 2.45) is 0 Å². The van der Waals surface area contributed by atoms with Gasteiger partial charge in [0, 0.05) is 6.20 Å². The average molecular weight is 254 g/mol. The van der Waals surface area contributed by atoms with Crippen LogP contribution < -0.4 is 4.72 Å². The Hall–Kier alpha value is -1.96. The molecule has 8 heteroatoms. The Balaban J connectivity index is 2.42. The van der Waals surface area contributed by atoms with Gasteiger partial charge >= 0.3 is 0 Å². The van der Waals surface area contributed by atoms with Crippen LogP contribution in [0.5, 0.6) is 0 Å². The molecule has 0 radical (unpaired) electrons. The largest absolute Gasteiger partial charge is 0.286 e. The Labute approximate surface area is 97.5 Å². The molecular formula is C9H10N4O3S. The van der Waals surface area contributed by atoms with E-state index in [1.54, 1.807) is 17.4 Å². The summed E-state index contributed by atoms with van der Waals surface area (Å²) in [6, 6.07) is 3.08. The third-order valence-corrected chi connectivity index (χ3v) is 2.67. The van der Waals surface area contributed by atoms with Crippen LogP contribution in [0.15, 0.2) is 18.3 Å². The van der Waals surface area contributed by atoms with Crippen molar-refractivity contribution in [1.82, 2.24) is 19.3 Å². The number of pyridine rings is 1. The zero-order valence-corrected chi connectivity index (χ0v) is 10.0. The highest BCUT2D eigenvalue weighted by molar-refractivity contribution is 7.89. The minimum atomic E-state index is -3.56. The van der Waals surface area contributed by atoms with Gasteiger partial charge in [-0.2, -0.15) is 0 Å². The van der Waals surface area contributed by atoms with E-state index in [1.807, 2.05) is 4.72 Å². The lowest BCUT2D eigenvalue weighted by atomic mass is 10.3. The number of aryl methyl sites for hydroxylation is 1. The van der Waals surface area contributed by atoms with Crippen LogP contribution in [-0.4, -0.2) is 35.2 Å². The lowest BCUT2D eigenvalue weighted by Gasteiger charge is -2.03. The highest BCUT2D eigenvalue weighted by Crippen LogP contribution is 2.06. The highest BCUT2D eigenvalue weighted by atomic mass is 32.2. The second-order valence-electron chi connectivity index (χ2n) is 3.60. The van der Waals surface area contributed by atoms with Gasteiger partial charge in [-0.25, -0.2) is 13.1 Å². The van der Waals surface area contributed by atoms with Crippen LogP contribution in [-0.2, 0) is 10.0 Å². The van der Waals surface area contributed by atoms with E-state index in [0.29, 0.717) is 11.5 Å². The van der Waals surface area contributed by atoms with Crippen LogP contribution in [0, 0.1) is 6.92 Å². The number of nitrogens with one attached hydrogen (secondary N) is 1. The summed E-state index contributed by atoms with van der Waals surface area (Å²) in [5, 5.41) is 7.69. The van der Waals surface area contributed by atoms with Gasteiger partial charge in [-0.15, -0.1) is 10.2 Å². The summed E-state index contributed by atoms with van der Waals surface area (Å²) in [6.07, 6.45) is 2.42. The minimum Gasteiger partial charge on any atom is -0.286 e. The maximum absolute atomic E-state index is 11.6. The van der Waals surface area contributed by atoms with Gasteiger partial charge in [0.1, 0.15) is 5.82 Å². The normalized spacial score (nSPS) is 11.6. The predicted octanol–water partition coefficient (Wildman–Crippen LogP) is -0.273. The van der Waals surface area contributed by atoms with E-state index in [4.69, 9.17) is 0 Å². The molecule has 2 aromatic rings. The van der Waals surface area contributed by atoms with E-state index in [0.717, 1.165) is 6.26 Å². The fourth-order valence-electron chi connectivity index (χ4n) is 1.37. The Morgan fingerprint density at radius 1 is 1.35 bits per heavy atom. The smallest absolute Gasteiger partial charge is 0.266 e. The van der Waals surface area contributed by atoms with Crippen molar-refractivity contribution >= 4 is 21.6 Å². The van der Waals surface area contributed by atoms with E-state index in [1.165, 1.54) is 12.3 Å². The number of carbonyl (C=O) groups is 1. The summed E-state index contributed by atoms with van der Waals surface area (Å²) in [5.74, 6) is -0.0588. The number of hydrogen-bond acceptors (Lipinski definition) is 5. The molecule has 2 aromatic heterocycles. The van der Waals surface area contributed by atoms with Gasteiger partial charge in [-0.3, -0.25) is 9.20 Å². The van der Waals surface area contributed by atoms with Gasteiger partial charge < -0.3 is 0 Å². The fraction of sp³-hybridized carbons (Fsp3) is 0.222. The Morgan fingerprint density at radius 2 is 2.06 bits per heavy atom. The number of rotatable bonds is 2. The summed E-state index contributed by atoms with van der Waals surface area (Å²) < 4.78 is 25.4. The molecule has 0 spiro atoms. The lowest BCUT2D eigenvalue weighted by molar-refractivity contribution is 0.0981. The van der Waals surface area contributed by atoms with Gasteiger partial charge in [-0.05, 0) is 19.1 Å². The Morgan fingerprint density at radius 3 is 2.71 bits per heavy atom. The first-order valence-electron chi connectivity index (χ1n) is 4.70. The second-order valence-corrected chi connectivity index (χ2v) is 5.34. The Kier molecular flexibility index (Phi) is 2.58. The van der Waals surface area contributed by atoms with Crippen LogP contribution in [0.1, 0.15) is 16.2 Å². The molecule has 90 valence electrons. The summed E-state index contributed by atoms with van der Waals surface area (Å²) in [4.78, 5) is 11.6. The van der Waals surface area contributed by atoms with Crippen molar-refractivity contribution in [2.75, 3.05) is 6.26 Å². The quantitative estimate of drug-likeness (QED) is 0.796. The molecule has 1 N–H and O–H groups in total. The molecule has 7 nitrogen and oxygen atoms in total. The summed E-state index contributed by atoms with van der Waals surface area (Å²) in [7, 11) is -3.56. The standard InChI is InChI=1S/C9H10N4O3S/c1-6-10-11-8-4-3-7(5-13(6)8)9(14)12-17(2,15)16/h3-5H,1-2H3,(H,12,14). The number of carbonyl (C=O) groups excluding carboxylic acids is 1. The van der Waals surface area contributed by atoms with Crippen molar-refractivity contribution in [2.45, 2.75) is 6.92 Å². The highest BCUT2D eigenvalue weighted by Gasteiger charge is 2.12. The van der Waals surface area contributed by atoms with Crippen LogP contribution in [0.2, 0.25) is 0 Å². The van der Waals surface area contributed by atoms with Crippen molar-refractivity contribution in [3.8, 4) is 0 Å². The van der Waals surface area contributed by atoms with Crippen LogP contribution >= 0.6 is 0 Å². The van der Waals surface area contributed by atoms with Gasteiger partial charge in [0.05, 0.1) is 11.8 Å². The topological polar surface area (TPSA) is 93.4 Å². The number of nitrogens with zero attached hydrogens (tertiary/aromatic N) is 3. The molecule has 17 heavy (non-hydrogen) atoms. The summed E-state index contributed by atoms with van der Waals surface area (Å²) >= 11 is 0. The first-order chi connectivity index (χ1) is 7.87. The predicted molar refractivity (Wildman–Crippen MR) is 60.0 cm³/mol.